The van der Waals surface area contributed by atoms with Crippen molar-refractivity contribution in [1.29, 1.82) is 0 Å². The molecule has 3 aromatic carbocycles. The predicted molar refractivity (Wildman–Crippen MR) is 314 cm³/mol. The van der Waals surface area contributed by atoms with Crippen LogP contribution in [0.4, 0.5) is 26.1 Å². The number of aliphatic hydroxyl groups excluding tert-OH is 1. The second kappa shape index (κ2) is 27.4. The number of piperazine rings is 1. The molecule has 1 unspecified atom stereocenters. The fraction of sp³-hybridized carbons (Fsp3) is 0.587. The predicted octanol–water partition coefficient (Wildman–Crippen LogP) is 6.58. The van der Waals surface area contributed by atoms with Gasteiger partial charge in [0.25, 0.3) is 0 Å². The Hall–Kier alpha value is -6.28. The van der Waals surface area contributed by atoms with Gasteiger partial charge in [-0.2, -0.15) is 0 Å². The summed E-state index contributed by atoms with van der Waals surface area (Å²) in [5.41, 5.74) is 3.16. The van der Waals surface area contributed by atoms with Crippen molar-refractivity contribution in [2.75, 3.05) is 87.2 Å². The molecule has 1 saturated carbocycles. The van der Waals surface area contributed by atoms with Crippen molar-refractivity contribution in [2.24, 2.45) is 29.1 Å². The minimum atomic E-state index is -1.22. The standard InChI is InChI=1S/C63H87F2N11O6/c1-42(2)25-53(71-61(81)59(79)43(3)26-44-11-7-6-8-12-44)60(80)66-19-10-20-74-35-47-28-50(29-48(47)36-74)82-39-58(78)68-34-46-14-9-13-45(27-46)33-67-55-32-56(70-41-69-55)75-23-17-63(18-24-75)40-76(38-57(77)72-63)54-31-51(64)49(30-52(54)65)37-73-21-15-62(4,5)16-22-73/h6-9,11-14,27,30-32,41-43,47-48,50,53,59,79H,10,15-26,28-29,33-40H2,1-5H3,(H,66,80)(H,68,78)(H,71,81)(H,72,77)(H,67,69,70)/t43-,47-,48+,50?,53+,59+/m1/s1. The molecule has 0 bridgehead atoms. The van der Waals surface area contributed by atoms with Crippen LogP contribution in [0, 0.1) is 40.7 Å². The maximum atomic E-state index is 15.8. The van der Waals surface area contributed by atoms with Gasteiger partial charge in [0, 0.05) is 76.6 Å². The van der Waals surface area contributed by atoms with Crippen molar-refractivity contribution in [3.8, 4) is 0 Å². The Bertz CT molecular complexity index is 2790. The Morgan fingerprint density at radius 1 is 0.805 bits per heavy atom. The molecule has 9 rings (SSSR count). The second-order valence-corrected chi connectivity index (χ2v) is 25.3. The van der Waals surface area contributed by atoms with Crippen molar-refractivity contribution in [1.82, 2.24) is 41.0 Å². The average molecular weight is 1130 g/mol. The molecule has 6 atom stereocenters. The van der Waals surface area contributed by atoms with Crippen molar-refractivity contribution in [3.05, 3.63) is 113 Å². The van der Waals surface area contributed by atoms with Crippen molar-refractivity contribution in [3.63, 3.8) is 0 Å². The number of nitrogens with zero attached hydrogens (tertiary/aromatic N) is 6. The van der Waals surface area contributed by atoms with E-state index in [0.29, 0.717) is 94.7 Å². The van der Waals surface area contributed by atoms with Gasteiger partial charge in [0.05, 0.1) is 23.9 Å². The summed E-state index contributed by atoms with van der Waals surface area (Å²) in [7, 11) is 0. The van der Waals surface area contributed by atoms with Gasteiger partial charge in [-0.1, -0.05) is 89.2 Å². The summed E-state index contributed by atoms with van der Waals surface area (Å²) in [5.74, 6) is 0.223. The summed E-state index contributed by atoms with van der Waals surface area (Å²) in [6.45, 7) is 18.1. The van der Waals surface area contributed by atoms with Crippen LogP contribution >= 0.6 is 0 Å². The van der Waals surface area contributed by atoms with Gasteiger partial charge in [0.2, 0.25) is 23.6 Å². The number of rotatable bonds is 24. The molecule has 19 heteroatoms. The second-order valence-electron chi connectivity index (χ2n) is 25.3. The quantitative estimate of drug-likeness (QED) is 0.0412. The molecular formula is C63H87F2N11O6. The first kappa shape index (κ1) is 60.3. The lowest BCUT2D eigenvalue weighted by molar-refractivity contribution is -0.136. The number of aliphatic hydroxyl groups is 1. The highest BCUT2D eigenvalue weighted by Gasteiger charge is 2.43. The van der Waals surface area contributed by atoms with Crippen LogP contribution in [0.3, 0.4) is 0 Å². The third-order valence-corrected chi connectivity index (χ3v) is 17.7. The Labute approximate surface area is 483 Å². The number of amides is 4. The third-order valence-electron chi connectivity index (χ3n) is 17.7. The van der Waals surface area contributed by atoms with Crippen LogP contribution in [0.5, 0.6) is 0 Å². The molecule has 6 N–H and O–H groups in total. The molecule has 4 aliphatic heterocycles. The number of nitrogens with one attached hydrogen (secondary N) is 5. The van der Waals surface area contributed by atoms with Gasteiger partial charge in [0.15, 0.2) is 0 Å². The molecule has 1 spiro atoms. The summed E-state index contributed by atoms with van der Waals surface area (Å²) < 4.78 is 37.5. The highest BCUT2D eigenvalue weighted by molar-refractivity contribution is 5.89. The highest BCUT2D eigenvalue weighted by Crippen LogP contribution is 2.40. The van der Waals surface area contributed by atoms with E-state index in [9.17, 15) is 24.3 Å². The van der Waals surface area contributed by atoms with E-state index in [2.05, 4.69) is 71.2 Å². The van der Waals surface area contributed by atoms with E-state index in [0.717, 1.165) is 87.3 Å². The van der Waals surface area contributed by atoms with Gasteiger partial charge in [-0.25, -0.2) is 18.7 Å². The van der Waals surface area contributed by atoms with E-state index < -0.39 is 35.2 Å². The van der Waals surface area contributed by atoms with Crippen LogP contribution in [0.25, 0.3) is 0 Å². The summed E-state index contributed by atoms with van der Waals surface area (Å²) in [6, 6.07) is 21.5. The smallest absolute Gasteiger partial charge is 0.249 e. The number of carbonyl (C=O) groups excluding carboxylic acids is 4. The molecule has 5 aliphatic rings. The zero-order valence-corrected chi connectivity index (χ0v) is 48.7. The monoisotopic (exact) mass is 1130 g/mol. The van der Waals surface area contributed by atoms with Gasteiger partial charge in [-0.15, -0.1) is 0 Å². The summed E-state index contributed by atoms with van der Waals surface area (Å²) in [6.07, 6.45) is 7.25. The van der Waals surface area contributed by atoms with E-state index in [1.807, 2.05) is 75.4 Å². The molecular weight excluding hydrogens is 1040 g/mol. The average Bonchev–Trinajstić information content (AvgIpc) is 4.17. The lowest BCUT2D eigenvalue weighted by atomic mass is 9.82. The number of aromatic nitrogens is 2. The van der Waals surface area contributed by atoms with Gasteiger partial charge < -0.3 is 51.1 Å². The fourth-order valence-electron chi connectivity index (χ4n) is 12.8. The van der Waals surface area contributed by atoms with Crippen LogP contribution < -0.4 is 36.4 Å². The summed E-state index contributed by atoms with van der Waals surface area (Å²) >= 11 is 0. The molecule has 82 heavy (non-hydrogen) atoms. The minimum Gasteiger partial charge on any atom is -0.383 e. The van der Waals surface area contributed by atoms with Gasteiger partial charge in [-0.05, 0) is 129 Å². The number of ether oxygens (including phenoxy) is 1. The molecule has 1 aliphatic carbocycles. The first-order chi connectivity index (χ1) is 39.3. The number of carbonyl (C=O) groups is 4. The zero-order valence-electron chi connectivity index (χ0n) is 48.7. The molecule has 4 aromatic rings. The van der Waals surface area contributed by atoms with Crippen LogP contribution in [0.15, 0.2) is 79.1 Å². The summed E-state index contributed by atoms with van der Waals surface area (Å²) in [4.78, 5) is 70.0. The number of halogens is 2. The maximum absolute atomic E-state index is 15.8. The lowest BCUT2D eigenvalue weighted by Crippen LogP contribution is -2.66. The normalized spacial score (nSPS) is 21.9. The van der Waals surface area contributed by atoms with Gasteiger partial charge in [-0.3, -0.25) is 24.1 Å². The molecule has 17 nitrogen and oxygen atoms in total. The maximum Gasteiger partial charge on any atom is 0.249 e. The number of hydrogen-bond donors (Lipinski definition) is 6. The van der Waals surface area contributed by atoms with Crippen LogP contribution in [-0.2, 0) is 50.0 Å². The number of piperidine rings is 2. The number of likely N-dealkylation sites (tertiary alicyclic amines) is 2. The number of anilines is 3. The van der Waals surface area contributed by atoms with Crippen molar-refractivity contribution in [2.45, 2.75) is 136 Å². The molecule has 4 saturated heterocycles. The molecule has 0 radical (unpaired) electrons. The van der Waals surface area contributed by atoms with Crippen LogP contribution in [0.1, 0.15) is 108 Å². The van der Waals surface area contributed by atoms with Gasteiger partial charge in [0.1, 0.15) is 48.4 Å². The molecule has 5 heterocycles. The SMILES string of the molecule is CC(C)C[C@H](NC(=O)[C@@H](O)[C@H](C)Cc1ccccc1)C(=O)NCCCN1C[C@H]2CC(OCC(=O)NCc3cccc(CNc4cc(N5CCC6(CC5)CN(c5cc(F)c(CN7CCC(C)(C)CC7)cc5F)CC(=O)N6)ncn4)c3)C[C@H]2C1. The first-order valence-corrected chi connectivity index (χ1v) is 29.9. The molecule has 5 fully saturated rings. The highest BCUT2D eigenvalue weighted by atomic mass is 19.1. The topological polar surface area (TPSA) is 197 Å². The molecule has 1 aromatic heterocycles. The van der Waals surface area contributed by atoms with Gasteiger partial charge >= 0.3 is 0 Å². The Kier molecular flexibility index (Phi) is 20.2. The van der Waals surface area contributed by atoms with Crippen molar-refractivity contribution < 1.29 is 37.8 Å². The van der Waals surface area contributed by atoms with E-state index >= 15 is 8.78 Å². The Balaban J connectivity index is 0.649. The third kappa shape index (κ3) is 16.5. The summed E-state index contributed by atoms with van der Waals surface area (Å²) in [5, 5.41) is 26.3. The van der Waals surface area contributed by atoms with E-state index in [-0.39, 0.29) is 59.9 Å². The Morgan fingerprint density at radius 2 is 1.51 bits per heavy atom. The lowest BCUT2D eigenvalue weighted by Gasteiger charge is -2.48. The number of benzene rings is 3. The molecule has 4 amide bonds. The van der Waals surface area contributed by atoms with Crippen LogP contribution in [-0.4, -0.2) is 144 Å². The zero-order chi connectivity index (χ0) is 58.0. The molecule has 444 valence electrons. The van der Waals surface area contributed by atoms with Crippen LogP contribution in [0.2, 0.25) is 0 Å². The Morgan fingerprint density at radius 3 is 2.23 bits per heavy atom. The van der Waals surface area contributed by atoms with Crippen molar-refractivity contribution >= 4 is 41.0 Å². The van der Waals surface area contributed by atoms with E-state index in [4.69, 9.17) is 4.74 Å². The number of hydrogen-bond acceptors (Lipinski definition) is 13. The fourth-order valence-corrected chi connectivity index (χ4v) is 12.8. The largest absolute Gasteiger partial charge is 0.383 e. The number of fused-ring (bicyclic) bond motifs is 1. The first-order valence-electron chi connectivity index (χ1n) is 29.9. The van der Waals surface area contributed by atoms with E-state index in [1.54, 1.807) is 4.90 Å². The van der Waals surface area contributed by atoms with E-state index in [1.165, 1.54) is 18.5 Å². The minimum absolute atomic E-state index is 0.00754.